The highest BCUT2D eigenvalue weighted by molar-refractivity contribution is 7.99. The highest BCUT2D eigenvalue weighted by atomic mass is 32.2. The molecule has 1 amide bonds. The van der Waals surface area contributed by atoms with Gasteiger partial charge in [0.25, 0.3) is 0 Å². The van der Waals surface area contributed by atoms with Gasteiger partial charge in [-0.3, -0.25) is 19.1 Å². The zero-order valence-electron chi connectivity index (χ0n) is 19.1. The Morgan fingerprint density at radius 3 is 2.50 bits per heavy atom. The molecule has 8 heteroatoms. The SMILES string of the molecule is CCCC(=O)Nc1ccc(C(=O)CSc2nnc(-c3cccnc3)n2-c2ccccc2C)cc1. The number of aromatic nitrogens is 4. The molecule has 0 spiro atoms. The first-order valence-corrected chi connectivity index (χ1v) is 12.0. The first kappa shape index (κ1) is 23.4. The fourth-order valence-electron chi connectivity index (χ4n) is 3.48. The van der Waals surface area contributed by atoms with Crippen LogP contribution in [0.15, 0.2) is 78.2 Å². The molecule has 2 aromatic carbocycles. The lowest BCUT2D eigenvalue weighted by molar-refractivity contribution is -0.116. The van der Waals surface area contributed by atoms with Crippen molar-refractivity contribution in [3.8, 4) is 17.1 Å². The topological polar surface area (TPSA) is 89.8 Å². The van der Waals surface area contributed by atoms with Gasteiger partial charge in [0.2, 0.25) is 5.91 Å². The molecule has 0 saturated carbocycles. The zero-order chi connectivity index (χ0) is 23.9. The lowest BCUT2D eigenvalue weighted by Crippen LogP contribution is -2.11. The molecular weight excluding hydrogens is 446 g/mol. The van der Waals surface area contributed by atoms with Crippen LogP contribution in [-0.4, -0.2) is 37.2 Å². The van der Waals surface area contributed by atoms with Crippen molar-refractivity contribution >= 4 is 29.1 Å². The van der Waals surface area contributed by atoms with E-state index in [0.717, 1.165) is 23.2 Å². The Kier molecular flexibility index (Phi) is 7.49. The van der Waals surface area contributed by atoms with E-state index < -0.39 is 0 Å². The zero-order valence-corrected chi connectivity index (χ0v) is 19.9. The van der Waals surface area contributed by atoms with Crippen LogP contribution in [0.25, 0.3) is 17.1 Å². The molecule has 0 unspecified atom stereocenters. The summed E-state index contributed by atoms with van der Waals surface area (Å²) >= 11 is 1.34. The van der Waals surface area contributed by atoms with Gasteiger partial charge in [-0.1, -0.05) is 36.9 Å². The normalized spacial score (nSPS) is 10.8. The van der Waals surface area contributed by atoms with Crippen LogP contribution in [0, 0.1) is 6.92 Å². The number of carbonyl (C=O) groups is 2. The van der Waals surface area contributed by atoms with Gasteiger partial charge in [-0.25, -0.2) is 0 Å². The number of anilines is 1. The lowest BCUT2D eigenvalue weighted by atomic mass is 10.1. The molecule has 0 aliphatic heterocycles. The van der Waals surface area contributed by atoms with Crippen LogP contribution in [-0.2, 0) is 4.79 Å². The number of para-hydroxylation sites is 1. The third kappa shape index (κ3) is 5.40. The fraction of sp³-hybridized carbons (Fsp3) is 0.192. The molecule has 0 saturated heterocycles. The van der Waals surface area contributed by atoms with E-state index in [4.69, 9.17) is 0 Å². The highest BCUT2D eigenvalue weighted by Crippen LogP contribution is 2.29. The molecule has 0 aliphatic rings. The second kappa shape index (κ2) is 10.9. The summed E-state index contributed by atoms with van der Waals surface area (Å²) in [4.78, 5) is 28.8. The van der Waals surface area contributed by atoms with Crippen molar-refractivity contribution in [2.45, 2.75) is 31.8 Å². The number of thioether (sulfide) groups is 1. The van der Waals surface area contributed by atoms with E-state index in [1.807, 2.05) is 54.8 Å². The van der Waals surface area contributed by atoms with Crippen molar-refractivity contribution in [2.75, 3.05) is 11.1 Å². The molecule has 4 aromatic rings. The largest absolute Gasteiger partial charge is 0.326 e. The third-order valence-electron chi connectivity index (χ3n) is 5.21. The van der Waals surface area contributed by atoms with Crippen molar-refractivity contribution in [2.24, 2.45) is 0 Å². The van der Waals surface area contributed by atoms with E-state index in [9.17, 15) is 9.59 Å². The van der Waals surface area contributed by atoms with E-state index >= 15 is 0 Å². The van der Waals surface area contributed by atoms with Gasteiger partial charge in [0, 0.05) is 35.6 Å². The molecule has 2 aromatic heterocycles. The molecule has 0 radical (unpaired) electrons. The predicted molar refractivity (Wildman–Crippen MR) is 134 cm³/mol. The summed E-state index contributed by atoms with van der Waals surface area (Å²) in [5, 5.41) is 12.3. The Bertz CT molecular complexity index is 1290. The molecule has 172 valence electrons. The number of carbonyl (C=O) groups excluding carboxylic acids is 2. The van der Waals surface area contributed by atoms with Gasteiger partial charge in [-0.05, 0) is 61.4 Å². The average molecular weight is 472 g/mol. The first-order valence-electron chi connectivity index (χ1n) is 11.0. The highest BCUT2D eigenvalue weighted by Gasteiger charge is 2.19. The summed E-state index contributed by atoms with van der Waals surface area (Å²) in [5.41, 5.74) is 4.13. The Morgan fingerprint density at radius 1 is 1.00 bits per heavy atom. The van der Waals surface area contributed by atoms with Crippen molar-refractivity contribution < 1.29 is 9.59 Å². The second-order valence-electron chi connectivity index (χ2n) is 7.76. The molecule has 4 rings (SSSR count). The third-order valence-corrected chi connectivity index (χ3v) is 6.14. The van der Waals surface area contributed by atoms with E-state index in [1.54, 1.807) is 36.7 Å². The van der Waals surface area contributed by atoms with E-state index in [-0.39, 0.29) is 17.4 Å². The number of benzene rings is 2. The molecule has 0 bridgehead atoms. The van der Waals surface area contributed by atoms with Gasteiger partial charge < -0.3 is 5.32 Å². The summed E-state index contributed by atoms with van der Waals surface area (Å²) in [5.74, 6) is 0.818. The number of ketones is 1. The number of hydrogen-bond acceptors (Lipinski definition) is 6. The van der Waals surface area contributed by atoms with Gasteiger partial charge >= 0.3 is 0 Å². The van der Waals surface area contributed by atoms with Gasteiger partial charge in [-0.15, -0.1) is 10.2 Å². The Hall–Kier alpha value is -3.78. The van der Waals surface area contributed by atoms with Crippen LogP contribution in [0.5, 0.6) is 0 Å². The minimum atomic E-state index is -0.0305. The second-order valence-corrected chi connectivity index (χ2v) is 8.70. The number of amides is 1. The van der Waals surface area contributed by atoms with Gasteiger partial charge in [0.05, 0.1) is 11.4 Å². The minimum absolute atomic E-state index is 0.0290. The Balaban J connectivity index is 1.54. The fourth-order valence-corrected chi connectivity index (χ4v) is 4.32. The summed E-state index contributed by atoms with van der Waals surface area (Å²) in [6.07, 6.45) is 4.72. The molecule has 0 aliphatic carbocycles. The van der Waals surface area contributed by atoms with E-state index in [1.165, 1.54) is 11.8 Å². The number of nitrogens with zero attached hydrogens (tertiary/aromatic N) is 4. The van der Waals surface area contributed by atoms with Crippen molar-refractivity contribution in [3.63, 3.8) is 0 Å². The van der Waals surface area contributed by atoms with Crippen LogP contribution in [0.2, 0.25) is 0 Å². The molecule has 1 N–H and O–H groups in total. The number of rotatable bonds is 9. The predicted octanol–water partition coefficient (Wildman–Crippen LogP) is 5.35. The average Bonchev–Trinajstić information content (AvgIpc) is 3.27. The monoisotopic (exact) mass is 471 g/mol. The van der Waals surface area contributed by atoms with Gasteiger partial charge in [-0.2, -0.15) is 0 Å². The van der Waals surface area contributed by atoms with Crippen LogP contribution in [0.4, 0.5) is 5.69 Å². The van der Waals surface area contributed by atoms with Crippen LogP contribution >= 0.6 is 11.8 Å². The molecule has 7 nitrogen and oxygen atoms in total. The van der Waals surface area contributed by atoms with Crippen molar-refractivity contribution in [3.05, 3.63) is 84.2 Å². The van der Waals surface area contributed by atoms with Crippen molar-refractivity contribution in [1.82, 2.24) is 19.7 Å². The molecule has 2 heterocycles. The summed E-state index contributed by atoms with van der Waals surface area (Å²) in [7, 11) is 0. The van der Waals surface area contributed by atoms with Crippen molar-refractivity contribution in [1.29, 1.82) is 0 Å². The Morgan fingerprint density at radius 2 is 1.79 bits per heavy atom. The van der Waals surface area contributed by atoms with Crippen LogP contribution in [0.3, 0.4) is 0 Å². The minimum Gasteiger partial charge on any atom is -0.326 e. The van der Waals surface area contributed by atoms with E-state index in [2.05, 4.69) is 20.5 Å². The van der Waals surface area contributed by atoms with Gasteiger partial charge in [0.1, 0.15) is 0 Å². The maximum atomic E-state index is 12.9. The number of nitrogens with one attached hydrogen (secondary N) is 1. The quantitative estimate of drug-likeness (QED) is 0.261. The standard InChI is InChI=1S/C26H25N5O2S/c1-3-7-24(33)28-21-13-11-19(12-14-21)23(32)17-34-26-30-29-25(20-9-6-15-27-16-20)31(26)22-10-5-4-8-18(22)2/h4-6,8-16H,3,7,17H2,1-2H3,(H,28,33). The Labute approximate surface area is 202 Å². The van der Waals surface area contributed by atoms with E-state index in [0.29, 0.717) is 28.7 Å². The molecule has 0 atom stereocenters. The number of aryl methyl sites for hydroxylation is 1. The molecule has 34 heavy (non-hydrogen) atoms. The summed E-state index contributed by atoms with van der Waals surface area (Å²) in [6.45, 7) is 3.99. The maximum Gasteiger partial charge on any atom is 0.224 e. The molecule has 0 fully saturated rings. The number of pyridine rings is 1. The number of Topliss-reactive ketones (excluding diaryl/α,β-unsaturated/α-hetero) is 1. The van der Waals surface area contributed by atoms with Crippen LogP contribution < -0.4 is 5.32 Å². The van der Waals surface area contributed by atoms with Crippen LogP contribution in [0.1, 0.15) is 35.7 Å². The van der Waals surface area contributed by atoms with Gasteiger partial charge in [0.15, 0.2) is 16.8 Å². The number of hydrogen-bond donors (Lipinski definition) is 1. The maximum absolute atomic E-state index is 12.9. The first-order chi connectivity index (χ1) is 16.6. The summed E-state index contributed by atoms with van der Waals surface area (Å²) in [6, 6.07) is 18.8. The smallest absolute Gasteiger partial charge is 0.224 e. The summed E-state index contributed by atoms with van der Waals surface area (Å²) < 4.78 is 1.97. The lowest BCUT2D eigenvalue weighted by Gasteiger charge is -2.12. The molecular formula is C26H25N5O2S.